The number of aromatic amines is 1. The number of esters is 1. The summed E-state index contributed by atoms with van der Waals surface area (Å²) in [4.78, 5) is 29.3. The van der Waals surface area contributed by atoms with Gasteiger partial charge in [-0.1, -0.05) is 85.4 Å². The summed E-state index contributed by atoms with van der Waals surface area (Å²) in [6.07, 6.45) is 1.39. The Morgan fingerprint density at radius 2 is 1.60 bits per heavy atom. The lowest BCUT2D eigenvalue weighted by atomic mass is 10.0. The molecule has 11 heteroatoms. The van der Waals surface area contributed by atoms with Crippen molar-refractivity contribution in [2.24, 2.45) is 5.10 Å². The molecule has 1 heterocycles. The molecule has 5 aromatic rings. The van der Waals surface area contributed by atoms with E-state index < -0.39 is 11.9 Å². The van der Waals surface area contributed by atoms with Gasteiger partial charge in [-0.15, -0.1) is 0 Å². The van der Waals surface area contributed by atoms with E-state index in [0.717, 1.165) is 9.86 Å². The van der Waals surface area contributed by atoms with Crippen LogP contribution in [0.5, 0.6) is 5.75 Å². The highest BCUT2D eigenvalue weighted by Gasteiger charge is 2.22. The molecule has 0 aliphatic rings. The Kier molecular flexibility index (Phi) is 8.77. The van der Waals surface area contributed by atoms with Crippen LogP contribution in [0.25, 0.3) is 22.0 Å². The van der Waals surface area contributed by atoms with Gasteiger partial charge in [0.15, 0.2) is 5.75 Å². The predicted molar refractivity (Wildman–Crippen MR) is 170 cm³/mol. The van der Waals surface area contributed by atoms with Gasteiger partial charge in [-0.2, -0.15) is 5.10 Å². The summed E-state index contributed by atoms with van der Waals surface area (Å²) >= 11 is 23.2. The summed E-state index contributed by atoms with van der Waals surface area (Å²) in [6, 6.07) is 22.9. The Morgan fingerprint density at radius 1 is 0.875 bits per heavy atom. The number of hydrogen-bond donors (Lipinski definition) is 2. The number of carbonyl (C=O) groups is 2. The molecule has 0 aliphatic heterocycles. The van der Waals surface area contributed by atoms with Crippen LogP contribution in [0.4, 0.5) is 0 Å². The number of ether oxygens (including phenoxy) is 1. The zero-order valence-corrected chi connectivity index (χ0v) is 26.4. The third-order valence-corrected chi connectivity index (χ3v) is 8.05. The van der Waals surface area contributed by atoms with Gasteiger partial charge in [0.25, 0.3) is 5.91 Å². The Morgan fingerprint density at radius 3 is 2.35 bits per heavy atom. The van der Waals surface area contributed by atoms with Crippen molar-refractivity contribution in [2.45, 2.75) is 0 Å². The number of carbonyl (C=O) groups excluding carboxylic acids is 2. The molecule has 0 bridgehead atoms. The summed E-state index contributed by atoms with van der Waals surface area (Å²) < 4.78 is 7.75. The van der Waals surface area contributed by atoms with Gasteiger partial charge in [-0.25, -0.2) is 10.2 Å². The summed E-state index contributed by atoms with van der Waals surface area (Å²) in [5.41, 5.74) is 5.49. The minimum atomic E-state index is -0.548. The minimum absolute atomic E-state index is 0.239. The van der Waals surface area contributed by atoms with Gasteiger partial charge in [0.2, 0.25) is 0 Å². The summed E-state index contributed by atoms with van der Waals surface area (Å²) in [6.45, 7) is 0. The molecule has 0 spiro atoms. The zero-order chi connectivity index (χ0) is 28.4. The van der Waals surface area contributed by atoms with E-state index in [1.807, 2.05) is 24.3 Å². The maximum absolute atomic E-state index is 13.4. The van der Waals surface area contributed by atoms with Crippen LogP contribution in [0.3, 0.4) is 0 Å². The molecule has 5 rings (SSSR count). The fourth-order valence-corrected chi connectivity index (χ4v) is 6.09. The predicted octanol–water partition coefficient (Wildman–Crippen LogP) is 9.41. The lowest BCUT2D eigenvalue weighted by Gasteiger charge is -2.11. The van der Waals surface area contributed by atoms with Crippen LogP contribution in [0.15, 0.2) is 97.4 Å². The number of hydrogen-bond acceptors (Lipinski definition) is 4. The Balaban J connectivity index is 1.46. The van der Waals surface area contributed by atoms with E-state index in [0.29, 0.717) is 46.8 Å². The van der Waals surface area contributed by atoms with Crippen LogP contribution in [-0.4, -0.2) is 23.1 Å². The highest BCUT2D eigenvalue weighted by molar-refractivity contribution is 9.11. The molecule has 1 aromatic heterocycles. The molecule has 0 fully saturated rings. The molecule has 0 atom stereocenters. The van der Waals surface area contributed by atoms with E-state index in [-0.39, 0.29) is 11.4 Å². The van der Waals surface area contributed by atoms with Crippen molar-refractivity contribution in [3.05, 3.63) is 119 Å². The van der Waals surface area contributed by atoms with Crippen LogP contribution in [-0.2, 0) is 0 Å². The van der Waals surface area contributed by atoms with Gasteiger partial charge >= 0.3 is 5.97 Å². The molecule has 0 radical (unpaired) electrons. The van der Waals surface area contributed by atoms with Gasteiger partial charge in [0, 0.05) is 36.0 Å². The van der Waals surface area contributed by atoms with E-state index >= 15 is 0 Å². The second-order valence-electron chi connectivity index (χ2n) is 8.42. The summed E-state index contributed by atoms with van der Waals surface area (Å²) in [5.74, 6) is -0.822. The molecule has 40 heavy (non-hydrogen) atoms. The first-order chi connectivity index (χ1) is 19.2. The fourth-order valence-electron chi connectivity index (χ4n) is 4.03. The molecule has 200 valence electrons. The number of rotatable bonds is 6. The highest BCUT2D eigenvalue weighted by Crippen LogP contribution is 2.39. The van der Waals surface area contributed by atoms with E-state index in [9.17, 15) is 9.59 Å². The second kappa shape index (κ2) is 12.3. The van der Waals surface area contributed by atoms with Crippen molar-refractivity contribution in [3.8, 4) is 16.9 Å². The number of benzene rings is 4. The quantitative estimate of drug-likeness (QED) is 0.0783. The van der Waals surface area contributed by atoms with Gasteiger partial charge in [-0.05, 0) is 64.5 Å². The van der Waals surface area contributed by atoms with Crippen molar-refractivity contribution in [1.82, 2.24) is 10.4 Å². The number of nitrogens with zero attached hydrogens (tertiary/aromatic N) is 1. The summed E-state index contributed by atoms with van der Waals surface area (Å²) in [5, 5.41) is 5.84. The molecule has 0 saturated carbocycles. The average Bonchev–Trinajstić information content (AvgIpc) is 3.32. The first-order valence-corrected chi connectivity index (χ1v) is 14.7. The molecular formula is C29H16Br3Cl2N3O3. The van der Waals surface area contributed by atoms with Gasteiger partial charge in [-0.3, -0.25) is 4.79 Å². The van der Waals surface area contributed by atoms with Crippen molar-refractivity contribution in [2.75, 3.05) is 0 Å². The SMILES string of the molecule is O=C(Oc1c(Br)cc(Br)cc1C=NNC(=O)c1[nH]c2c(Cl)cccc2c1-c1ccccc1Cl)c1ccc(Br)cc1. The largest absolute Gasteiger partial charge is 0.421 e. The van der Waals surface area contributed by atoms with Crippen LogP contribution >= 0.6 is 71.0 Å². The van der Waals surface area contributed by atoms with Crippen molar-refractivity contribution in [3.63, 3.8) is 0 Å². The number of fused-ring (bicyclic) bond motifs is 1. The monoisotopic (exact) mass is 761 g/mol. The molecule has 6 nitrogen and oxygen atoms in total. The van der Waals surface area contributed by atoms with Crippen molar-refractivity contribution in [1.29, 1.82) is 0 Å². The van der Waals surface area contributed by atoms with Crippen LogP contribution in [0, 0.1) is 0 Å². The van der Waals surface area contributed by atoms with Gasteiger partial charge in [0.05, 0.1) is 26.8 Å². The number of halogens is 5. The second-order valence-corrected chi connectivity index (χ2v) is 11.9. The number of nitrogens with one attached hydrogen (secondary N) is 2. The summed E-state index contributed by atoms with van der Waals surface area (Å²) in [7, 11) is 0. The topological polar surface area (TPSA) is 83.5 Å². The smallest absolute Gasteiger partial charge is 0.343 e. The van der Waals surface area contributed by atoms with E-state index in [2.05, 4.69) is 63.3 Å². The molecule has 0 unspecified atom stereocenters. The Hall–Kier alpha value is -2.95. The maximum atomic E-state index is 13.4. The first kappa shape index (κ1) is 28.6. The van der Waals surface area contributed by atoms with Crippen LogP contribution in [0.1, 0.15) is 26.4 Å². The van der Waals surface area contributed by atoms with Gasteiger partial charge < -0.3 is 9.72 Å². The lowest BCUT2D eigenvalue weighted by molar-refractivity contribution is 0.0733. The average molecular weight is 765 g/mol. The lowest BCUT2D eigenvalue weighted by Crippen LogP contribution is -2.19. The molecule has 2 N–H and O–H groups in total. The van der Waals surface area contributed by atoms with E-state index in [4.69, 9.17) is 27.9 Å². The van der Waals surface area contributed by atoms with Gasteiger partial charge in [0.1, 0.15) is 5.69 Å². The molecular weight excluding hydrogens is 749 g/mol. The number of H-pyrrole nitrogens is 1. The van der Waals surface area contributed by atoms with E-state index in [1.165, 1.54) is 6.21 Å². The standard InChI is InChI=1S/C29H16Br3Cl2N3O3/c30-17-10-8-15(9-11-17)29(39)40-27-16(12-18(31)13-21(27)32)14-35-37-28(38)26-24(19-4-1-2-6-22(19)33)20-5-3-7-23(34)25(20)36-26/h1-14,36H,(H,37,38). The minimum Gasteiger partial charge on any atom is -0.421 e. The van der Waals surface area contributed by atoms with E-state index in [1.54, 1.807) is 54.6 Å². The molecule has 1 amide bonds. The van der Waals surface area contributed by atoms with Crippen molar-refractivity contribution < 1.29 is 14.3 Å². The molecule has 4 aromatic carbocycles. The number of aromatic nitrogens is 1. The molecule has 0 aliphatic carbocycles. The first-order valence-electron chi connectivity index (χ1n) is 11.6. The number of hydrazone groups is 1. The maximum Gasteiger partial charge on any atom is 0.343 e. The Labute approximate surface area is 264 Å². The fraction of sp³-hybridized carbons (Fsp3) is 0. The van der Waals surface area contributed by atoms with Crippen LogP contribution in [0.2, 0.25) is 10.0 Å². The van der Waals surface area contributed by atoms with Crippen LogP contribution < -0.4 is 10.2 Å². The number of para-hydroxylation sites is 1. The zero-order valence-electron chi connectivity index (χ0n) is 20.1. The molecule has 0 saturated heterocycles. The normalized spacial score (nSPS) is 11.2. The third-order valence-electron chi connectivity index (χ3n) is 5.83. The number of amides is 1. The third kappa shape index (κ3) is 6.04. The Bertz CT molecular complexity index is 1800. The highest BCUT2D eigenvalue weighted by atomic mass is 79.9. The van der Waals surface area contributed by atoms with Crippen molar-refractivity contribution >= 4 is 100.0 Å².